The fraction of sp³-hybridized carbons (Fsp3) is 0.160. The van der Waals surface area contributed by atoms with Crippen molar-refractivity contribution in [1.29, 1.82) is 0 Å². The van der Waals surface area contributed by atoms with E-state index in [0.29, 0.717) is 34.3 Å². The monoisotopic (exact) mass is 463 g/mol. The molecule has 3 aromatic carbocycles. The summed E-state index contributed by atoms with van der Waals surface area (Å²) >= 11 is 6.10. The average Bonchev–Trinajstić information content (AvgIpc) is 2.81. The molecule has 0 radical (unpaired) electrons. The minimum Gasteiger partial charge on any atom is -0.479 e. The molecule has 7 nitrogen and oxygen atoms in total. The van der Waals surface area contributed by atoms with Crippen molar-refractivity contribution in [3.05, 3.63) is 88.9 Å². The lowest BCUT2D eigenvalue weighted by atomic mass is 10.1. The number of nitrogens with zero attached hydrogens (tertiary/aromatic N) is 1. The Kier molecular flexibility index (Phi) is 6.60. The van der Waals surface area contributed by atoms with Gasteiger partial charge in [-0.1, -0.05) is 41.9 Å². The van der Waals surface area contributed by atoms with Gasteiger partial charge in [-0.15, -0.1) is 0 Å². The van der Waals surface area contributed by atoms with E-state index in [1.807, 2.05) is 18.2 Å². The molecule has 1 heterocycles. The number of amides is 3. The molecule has 0 aromatic heterocycles. The third-order valence-electron chi connectivity index (χ3n) is 5.13. The largest absolute Gasteiger partial charge is 0.479 e. The van der Waals surface area contributed by atoms with E-state index in [9.17, 15) is 14.4 Å². The van der Waals surface area contributed by atoms with Gasteiger partial charge in [-0.2, -0.15) is 0 Å². The molecule has 3 amide bonds. The number of rotatable bonds is 6. The lowest BCUT2D eigenvalue weighted by Gasteiger charge is -2.33. The van der Waals surface area contributed by atoms with Crippen LogP contribution in [0, 0.1) is 0 Å². The van der Waals surface area contributed by atoms with Crippen molar-refractivity contribution in [3.8, 4) is 5.75 Å². The highest BCUT2D eigenvalue weighted by molar-refractivity contribution is 6.30. The van der Waals surface area contributed by atoms with Gasteiger partial charge in [0.1, 0.15) is 5.75 Å². The summed E-state index contributed by atoms with van der Waals surface area (Å²) in [6.45, 7) is 1.81. The smallest absolute Gasteiger partial charge is 0.268 e. The zero-order valence-electron chi connectivity index (χ0n) is 17.9. The third kappa shape index (κ3) is 5.32. The van der Waals surface area contributed by atoms with Crippen LogP contribution in [0.1, 0.15) is 22.8 Å². The van der Waals surface area contributed by atoms with Crippen molar-refractivity contribution in [2.45, 2.75) is 19.6 Å². The number of nitrogens with one attached hydrogen (secondary N) is 2. The van der Waals surface area contributed by atoms with Crippen molar-refractivity contribution < 1.29 is 19.1 Å². The Bertz CT molecular complexity index is 1200. The van der Waals surface area contributed by atoms with E-state index in [-0.39, 0.29) is 18.4 Å². The molecule has 1 atom stereocenters. The molecule has 0 fully saturated rings. The number of anilines is 2. The molecule has 0 saturated heterocycles. The second-order valence-corrected chi connectivity index (χ2v) is 8.03. The summed E-state index contributed by atoms with van der Waals surface area (Å²) < 4.78 is 5.74. The van der Waals surface area contributed by atoms with Gasteiger partial charge in [-0.05, 0) is 55.0 Å². The number of hydrogen-bond acceptors (Lipinski definition) is 4. The summed E-state index contributed by atoms with van der Waals surface area (Å²) in [5, 5.41) is 5.92. The van der Waals surface area contributed by atoms with Crippen LogP contribution in [-0.4, -0.2) is 30.4 Å². The van der Waals surface area contributed by atoms with Gasteiger partial charge < -0.3 is 20.3 Å². The maximum Gasteiger partial charge on any atom is 0.268 e. The molecule has 8 heteroatoms. The molecule has 0 spiro atoms. The molecule has 1 aliphatic heterocycles. The van der Waals surface area contributed by atoms with E-state index in [1.54, 1.807) is 66.4 Å². The Labute approximate surface area is 196 Å². The van der Waals surface area contributed by atoms with E-state index in [1.165, 1.54) is 0 Å². The summed E-state index contributed by atoms with van der Waals surface area (Å²) in [6.07, 6.45) is -0.634. The van der Waals surface area contributed by atoms with Crippen LogP contribution >= 0.6 is 11.6 Å². The van der Waals surface area contributed by atoms with Crippen molar-refractivity contribution in [1.82, 2.24) is 5.32 Å². The van der Waals surface area contributed by atoms with Crippen LogP contribution in [0.4, 0.5) is 11.4 Å². The van der Waals surface area contributed by atoms with Crippen LogP contribution in [0.15, 0.2) is 72.8 Å². The number of ether oxygens (including phenoxy) is 1. The highest BCUT2D eigenvalue weighted by Gasteiger charge is 2.32. The summed E-state index contributed by atoms with van der Waals surface area (Å²) in [4.78, 5) is 39.0. The predicted molar refractivity (Wildman–Crippen MR) is 127 cm³/mol. The first-order chi connectivity index (χ1) is 15.9. The third-order valence-corrected chi connectivity index (χ3v) is 5.36. The molecule has 0 aliphatic carbocycles. The molecule has 0 saturated carbocycles. The summed E-state index contributed by atoms with van der Waals surface area (Å²) in [7, 11) is 0. The van der Waals surface area contributed by atoms with Gasteiger partial charge in [0.2, 0.25) is 5.91 Å². The first-order valence-corrected chi connectivity index (χ1v) is 10.8. The minimum absolute atomic E-state index is 0.191. The Morgan fingerprint density at radius 1 is 1.03 bits per heavy atom. The average molecular weight is 464 g/mol. The maximum atomic E-state index is 12.9. The van der Waals surface area contributed by atoms with Gasteiger partial charge in [-0.25, -0.2) is 0 Å². The zero-order valence-corrected chi connectivity index (χ0v) is 18.6. The SMILES string of the molecule is CC1Oc2ccc(NC(=O)CNC(=O)c3ccccc3)cc2N(Cc2cccc(Cl)c2)C1=O. The molecule has 2 N–H and O–H groups in total. The molecule has 1 aliphatic rings. The fourth-order valence-electron chi connectivity index (χ4n) is 3.52. The number of carbonyl (C=O) groups is 3. The number of fused-ring (bicyclic) bond motifs is 1. The summed E-state index contributed by atoms with van der Waals surface area (Å²) in [6, 6.07) is 21.0. The molecule has 4 rings (SSSR count). The van der Waals surface area contributed by atoms with Gasteiger partial charge in [0.05, 0.1) is 18.8 Å². The first kappa shape index (κ1) is 22.4. The van der Waals surface area contributed by atoms with E-state index >= 15 is 0 Å². The summed E-state index contributed by atoms with van der Waals surface area (Å²) in [5.41, 5.74) is 2.37. The van der Waals surface area contributed by atoms with Gasteiger partial charge >= 0.3 is 0 Å². The van der Waals surface area contributed by atoms with E-state index in [4.69, 9.17) is 16.3 Å². The highest BCUT2D eigenvalue weighted by atomic mass is 35.5. The molecule has 3 aromatic rings. The van der Waals surface area contributed by atoms with Crippen LogP contribution in [0.5, 0.6) is 5.75 Å². The van der Waals surface area contributed by atoms with Gasteiger partial charge in [0.15, 0.2) is 6.10 Å². The molecule has 33 heavy (non-hydrogen) atoms. The van der Waals surface area contributed by atoms with Crippen LogP contribution in [0.3, 0.4) is 0 Å². The lowest BCUT2D eigenvalue weighted by molar-refractivity contribution is -0.125. The lowest BCUT2D eigenvalue weighted by Crippen LogP contribution is -2.44. The Morgan fingerprint density at radius 2 is 1.82 bits per heavy atom. The second kappa shape index (κ2) is 9.75. The zero-order chi connectivity index (χ0) is 23.4. The number of hydrogen-bond donors (Lipinski definition) is 2. The van der Waals surface area contributed by atoms with Crippen LogP contribution in [-0.2, 0) is 16.1 Å². The number of carbonyl (C=O) groups excluding carboxylic acids is 3. The number of benzene rings is 3. The first-order valence-electron chi connectivity index (χ1n) is 10.4. The Morgan fingerprint density at radius 3 is 2.58 bits per heavy atom. The number of halogens is 1. The molecule has 0 bridgehead atoms. The predicted octanol–water partition coefficient (Wildman–Crippen LogP) is 4.02. The molecule has 168 valence electrons. The fourth-order valence-corrected chi connectivity index (χ4v) is 3.74. The quantitative estimate of drug-likeness (QED) is 0.578. The topological polar surface area (TPSA) is 87.7 Å². The Balaban J connectivity index is 1.47. The van der Waals surface area contributed by atoms with Gasteiger partial charge in [-0.3, -0.25) is 14.4 Å². The Hall–Kier alpha value is -3.84. The van der Waals surface area contributed by atoms with Crippen molar-refractivity contribution in [3.63, 3.8) is 0 Å². The van der Waals surface area contributed by atoms with Crippen molar-refractivity contribution >= 4 is 40.7 Å². The minimum atomic E-state index is -0.634. The van der Waals surface area contributed by atoms with E-state index in [2.05, 4.69) is 10.6 Å². The molecular weight excluding hydrogens is 442 g/mol. The van der Waals surface area contributed by atoms with Gasteiger partial charge in [0.25, 0.3) is 11.8 Å². The van der Waals surface area contributed by atoms with Crippen molar-refractivity contribution in [2.75, 3.05) is 16.8 Å². The van der Waals surface area contributed by atoms with Crippen LogP contribution < -0.4 is 20.3 Å². The molecule has 1 unspecified atom stereocenters. The maximum absolute atomic E-state index is 12.9. The van der Waals surface area contributed by atoms with Crippen molar-refractivity contribution in [2.24, 2.45) is 0 Å². The van der Waals surface area contributed by atoms with Crippen LogP contribution in [0.25, 0.3) is 0 Å². The van der Waals surface area contributed by atoms with E-state index < -0.39 is 12.0 Å². The molecular formula is C25H22ClN3O4. The van der Waals surface area contributed by atoms with E-state index in [0.717, 1.165) is 5.56 Å². The normalized spacial score (nSPS) is 14.8. The standard InChI is InChI=1S/C25H22ClN3O4/c1-16-25(32)29(15-17-6-5-9-19(26)12-17)21-13-20(10-11-22(21)33-16)28-23(30)14-27-24(31)18-7-3-2-4-8-18/h2-13,16H,14-15H2,1H3,(H,27,31)(H,28,30). The van der Waals surface area contributed by atoms with Gasteiger partial charge in [0, 0.05) is 16.3 Å². The second-order valence-electron chi connectivity index (χ2n) is 7.59. The highest BCUT2D eigenvalue weighted by Crippen LogP contribution is 2.37. The van der Waals surface area contributed by atoms with Crippen LogP contribution in [0.2, 0.25) is 5.02 Å². The summed E-state index contributed by atoms with van der Waals surface area (Å²) in [5.74, 6) is -0.380.